The van der Waals surface area contributed by atoms with Crippen molar-refractivity contribution in [1.29, 1.82) is 0 Å². The first-order valence-corrected chi connectivity index (χ1v) is 6.94. The van der Waals surface area contributed by atoms with Crippen molar-refractivity contribution < 1.29 is 4.79 Å². The first-order valence-electron chi connectivity index (χ1n) is 5.86. The zero-order valence-electron chi connectivity index (χ0n) is 9.98. The van der Waals surface area contributed by atoms with E-state index >= 15 is 0 Å². The van der Waals surface area contributed by atoms with Gasteiger partial charge in [-0.05, 0) is 71.1 Å². The van der Waals surface area contributed by atoms with Gasteiger partial charge >= 0.3 is 0 Å². The minimum Gasteiger partial charge on any atom is -0.361 e. The number of H-pyrrole nitrogens is 1. The quantitative estimate of drug-likeness (QED) is 0.665. The number of fused-ring (bicyclic) bond motifs is 1. The van der Waals surface area contributed by atoms with Gasteiger partial charge in [0.25, 0.3) is 5.91 Å². The average molecular weight is 362 g/mol. The highest BCUT2D eigenvalue weighted by Crippen LogP contribution is 2.18. The third-order valence-corrected chi connectivity index (χ3v) is 3.64. The van der Waals surface area contributed by atoms with Crippen LogP contribution in [0.5, 0.6) is 0 Å². The van der Waals surface area contributed by atoms with Crippen molar-refractivity contribution in [2.24, 2.45) is 0 Å². The van der Waals surface area contributed by atoms with E-state index in [1.165, 1.54) is 0 Å². The van der Waals surface area contributed by atoms with Gasteiger partial charge < -0.3 is 10.3 Å². The number of anilines is 1. The summed E-state index contributed by atoms with van der Waals surface area (Å²) < 4.78 is 1.11. The van der Waals surface area contributed by atoms with E-state index < -0.39 is 0 Å². The molecule has 2 N–H and O–H groups in total. The monoisotopic (exact) mass is 362 g/mol. The maximum Gasteiger partial charge on any atom is 0.255 e. The van der Waals surface area contributed by atoms with E-state index in [2.05, 4.69) is 32.9 Å². The highest BCUT2D eigenvalue weighted by atomic mass is 127. The number of hydrogen-bond donors (Lipinski definition) is 2. The van der Waals surface area contributed by atoms with E-state index in [4.69, 9.17) is 0 Å². The molecule has 94 valence electrons. The highest BCUT2D eigenvalue weighted by molar-refractivity contribution is 14.1. The van der Waals surface area contributed by atoms with Crippen molar-refractivity contribution in [3.8, 4) is 0 Å². The molecule has 0 spiro atoms. The van der Waals surface area contributed by atoms with E-state index in [1.54, 1.807) is 0 Å². The standard InChI is InChI=1S/C15H11IN2O/c16-12-3-1-10(2-4-12)15(19)18-13-5-6-14-11(9-13)7-8-17-14/h1-9,17H,(H,18,19). The average Bonchev–Trinajstić information content (AvgIpc) is 2.87. The molecule has 1 heterocycles. The van der Waals surface area contributed by atoms with Gasteiger partial charge in [-0.2, -0.15) is 0 Å². The lowest BCUT2D eigenvalue weighted by atomic mass is 10.2. The molecule has 0 unspecified atom stereocenters. The van der Waals surface area contributed by atoms with Crippen LogP contribution in [0.3, 0.4) is 0 Å². The number of carbonyl (C=O) groups is 1. The topological polar surface area (TPSA) is 44.9 Å². The number of aromatic nitrogens is 1. The van der Waals surface area contributed by atoms with Crippen molar-refractivity contribution >= 4 is 45.1 Å². The summed E-state index contributed by atoms with van der Waals surface area (Å²) in [5.41, 5.74) is 2.53. The zero-order chi connectivity index (χ0) is 13.2. The van der Waals surface area contributed by atoms with Crippen LogP contribution in [0, 0.1) is 3.57 Å². The highest BCUT2D eigenvalue weighted by Gasteiger charge is 2.06. The SMILES string of the molecule is O=C(Nc1ccc2[nH]ccc2c1)c1ccc(I)cc1. The van der Waals surface area contributed by atoms with Crippen LogP contribution in [-0.4, -0.2) is 10.9 Å². The smallest absolute Gasteiger partial charge is 0.255 e. The van der Waals surface area contributed by atoms with Crippen LogP contribution in [0.2, 0.25) is 0 Å². The Morgan fingerprint density at radius 2 is 1.84 bits per heavy atom. The van der Waals surface area contributed by atoms with Crippen molar-refractivity contribution in [3.63, 3.8) is 0 Å². The summed E-state index contributed by atoms with van der Waals surface area (Å²) in [6.45, 7) is 0. The molecule has 3 rings (SSSR count). The number of benzene rings is 2. The van der Waals surface area contributed by atoms with Gasteiger partial charge in [0.2, 0.25) is 0 Å². The molecule has 19 heavy (non-hydrogen) atoms. The fraction of sp³-hybridized carbons (Fsp3) is 0. The van der Waals surface area contributed by atoms with Gasteiger partial charge in [0, 0.05) is 31.9 Å². The second-order valence-electron chi connectivity index (χ2n) is 4.24. The van der Waals surface area contributed by atoms with Gasteiger partial charge in [-0.25, -0.2) is 0 Å². The number of hydrogen-bond acceptors (Lipinski definition) is 1. The van der Waals surface area contributed by atoms with E-state index in [-0.39, 0.29) is 5.91 Å². The summed E-state index contributed by atoms with van der Waals surface area (Å²) >= 11 is 2.22. The first kappa shape index (κ1) is 12.2. The fourth-order valence-electron chi connectivity index (χ4n) is 1.94. The van der Waals surface area contributed by atoms with Gasteiger partial charge in [0.15, 0.2) is 0 Å². The Bertz CT molecular complexity index is 731. The van der Waals surface area contributed by atoms with Gasteiger partial charge in [0.1, 0.15) is 0 Å². The van der Waals surface area contributed by atoms with Gasteiger partial charge in [-0.1, -0.05) is 0 Å². The van der Waals surface area contributed by atoms with Crippen LogP contribution < -0.4 is 5.32 Å². The number of halogens is 1. The summed E-state index contributed by atoms with van der Waals surface area (Å²) in [6, 6.07) is 15.3. The van der Waals surface area contributed by atoms with E-state index in [1.807, 2.05) is 54.7 Å². The third kappa shape index (κ3) is 2.63. The molecule has 0 bridgehead atoms. The molecule has 1 amide bonds. The molecule has 4 heteroatoms. The van der Waals surface area contributed by atoms with Crippen molar-refractivity contribution in [2.45, 2.75) is 0 Å². The molecule has 0 saturated heterocycles. The molecular formula is C15H11IN2O. The lowest BCUT2D eigenvalue weighted by Gasteiger charge is -2.05. The first-order chi connectivity index (χ1) is 9.22. The molecule has 1 aromatic heterocycles. The minimum absolute atomic E-state index is 0.0914. The Morgan fingerprint density at radius 3 is 2.63 bits per heavy atom. The Balaban J connectivity index is 1.83. The van der Waals surface area contributed by atoms with Crippen molar-refractivity contribution in [2.75, 3.05) is 5.32 Å². The molecule has 0 atom stereocenters. The van der Waals surface area contributed by atoms with E-state index in [0.29, 0.717) is 5.56 Å². The summed E-state index contributed by atoms with van der Waals surface area (Å²) in [7, 11) is 0. The summed E-state index contributed by atoms with van der Waals surface area (Å²) in [4.78, 5) is 15.2. The van der Waals surface area contributed by atoms with Crippen molar-refractivity contribution in [1.82, 2.24) is 4.98 Å². The normalized spacial score (nSPS) is 10.6. The molecule has 3 aromatic rings. The summed E-state index contributed by atoms with van der Waals surface area (Å²) in [5.74, 6) is -0.0914. The number of carbonyl (C=O) groups excluding carboxylic acids is 1. The predicted octanol–water partition coefficient (Wildman–Crippen LogP) is 4.02. The van der Waals surface area contributed by atoms with E-state index in [0.717, 1.165) is 20.2 Å². The van der Waals surface area contributed by atoms with E-state index in [9.17, 15) is 4.79 Å². The lowest BCUT2D eigenvalue weighted by molar-refractivity contribution is 0.102. The van der Waals surface area contributed by atoms with Crippen LogP contribution in [-0.2, 0) is 0 Å². The molecule has 0 aliphatic rings. The molecule has 0 aliphatic heterocycles. The third-order valence-electron chi connectivity index (χ3n) is 2.92. The van der Waals surface area contributed by atoms with Gasteiger partial charge in [-0.15, -0.1) is 0 Å². The van der Waals surface area contributed by atoms with Gasteiger partial charge in [-0.3, -0.25) is 4.79 Å². The maximum absolute atomic E-state index is 12.1. The summed E-state index contributed by atoms with van der Waals surface area (Å²) in [5, 5.41) is 3.99. The summed E-state index contributed by atoms with van der Waals surface area (Å²) in [6.07, 6.45) is 1.88. The number of rotatable bonds is 2. The number of nitrogens with one attached hydrogen (secondary N) is 2. The second kappa shape index (κ2) is 5.05. The number of amides is 1. The van der Waals surface area contributed by atoms with Crippen LogP contribution in [0.4, 0.5) is 5.69 Å². The molecular weight excluding hydrogens is 351 g/mol. The van der Waals surface area contributed by atoms with Gasteiger partial charge in [0.05, 0.1) is 0 Å². The lowest BCUT2D eigenvalue weighted by Crippen LogP contribution is -2.11. The maximum atomic E-state index is 12.1. The fourth-order valence-corrected chi connectivity index (χ4v) is 2.30. The molecule has 0 saturated carbocycles. The number of aromatic amines is 1. The minimum atomic E-state index is -0.0914. The predicted molar refractivity (Wildman–Crippen MR) is 85.4 cm³/mol. The molecule has 3 nitrogen and oxygen atoms in total. The Hall–Kier alpha value is -1.82. The Morgan fingerprint density at radius 1 is 1.05 bits per heavy atom. The zero-order valence-corrected chi connectivity index (χ0v) is 12.1. The molecule has 0 aliphatic carbocycles. The second-order valence-corrected chi connectivity index (χ2v) is 5.49. The van der Waals surface area contributed by atoms with Crippen LogP contribution in [0.1, 0.15) is 10.4 Å². The van der Waals surface area contributed by atoms with Crippen LogP contribution in [0.25, 0.3) is 10.9 Å². The van der Waals surface area contributed by atoms with Crippen molar-refractivity contribution in [3.05, 3.63) is 63.9 Å². The Labute approximate surface area is 124 Å². The molecule has 2 aromatic carbocycles. The molecule has 0 fully saturated rings. The van der Waals surface area contributed by atoms with Crippen LogP contribution >= 0.6 is 22.6 Å². The molecule has 0 radical (unpaired) electrons. The largest absolute Gasteiger partial charge is 0.361 e. The Kier molecular flexibility index (Phi) is 3.25. The van der Waals surface area contributed by atoms with Crippen LogP contribution in [0.15, 0.2) is 54.7 Å².